The lowest BCUT2D eigenvalue weighted by atomic mass is 10.0. The number of carbonyl (C=O) groups excluding carboxylic acids is 2. The fourth-order valence-electron chi connectivity index (χ4n) is 5.83. The van der Waals surface area contributed by atoms with Gasteiger partial charge in [0.05, 0.1) is 36.0 Å². The lowest BCUT2D eigenvalue weighted by Crippen LogP contribution is -2.48. The maximum atomic E-state index is 14.4. The third-order valence-corrected chi connectivity index (χ3v) is 10.4. The molecule has 3 amide bonds. The Labute approximate surface area is 301 Å². The molecule has 0 unspecified atom stereocenters. The minimum absolute atomic E-state index is 0.0703. The molecule has 2 aromatic carbocycles. The molecule has 17 heteroatoms. The number of ether oxygens (including phenoxy) is 2. The molecule has 1 aliphatic heterocycles. The maximum Gasteiger partial charge on any atom is 0.416 e. The Morgan fingerprint density at radius 2 is 1.79 bits per heavy atom. The number of fused-ring (bicyclic) bond motifs is 1. The predicted molar refractivity (Wildman–Crippen MR) is 187 cm³/mol. The third-order valence-electron chi connectivity index (χ3n) is 8.80. The smallest absolute Gasteiger partial charge is 0.416 e. The average molecular weight is 754 g/mol. The van der Waals surface area contributed by atoms with Crippen molar-refractivity contribution in [1.29, 1.82) is 0 Å². The van der Waals surface area contributed by atoms with Gasteiger partial charge in [0, 0.05) is 44.0 Å². The highest BCUT2D eigenvalue weighted by Crippen LogP contribution is 2.32. The number of likely N-dealkylation sites (N-methyl/N-ethyl adjacent to an activating group) is 1. The van der Waals surface area contributed by atoms with Crippen molar-refractivity contribution >= 4 is 33.3 Å². The van der Waals surface area contributed by atoms with Crippen LogP contribution in [0.15, 0.2) is 51.9 Å². The minimum Gasteiger partial charge on any atom is -0.490 e. The largest absolute Gasteiger partial charge is 0.490 e. The number of nitrogens with one attached hydrogen (secondary N) is 2. The van der Waals surface area contributed by atoms with Crippen molar-refractivity contribution in [3.8, 4) is 5.75 Å². The van der Waals surface area contributed by atoms with Crippen molar-refractivity contribution in [1.82, 2.24) is 15.0 Å². The summed E-state index contributed by atoms with van der Waals surface area (Å²) in [4.78, 5) is 30.2. The van der Waals surface area contributed by atoms with Crippen LogP contribution in [0.25, 0.3) is 0 Å². The van der Waals surface area contributed by atoms with Gasteiger partial charge in [-0.1, -0.05) is 12.1 Å². The first-order valence-electron chi connectivity index (χ1n) is 16.9. The number of halogens is 3. The number of carbonyl (C=O) groups is 2. The number of aliphatic hydroxyl groups excluding tert-OH is 1. The Morgan fingerprint density at radius 3 is 2.40 bits per heavy atom. The zero-order valence-electron chi connectivity index (χ0n) is 30.0. The van der Waals surface area contributed by atoms with Crippen LogP contribution in [0.3, 0.4) is 0 Å². The van der Waals surface area contributed by atoms with Crippen molar-refractivity contribution < 1.29 is 50.3 Å². The minimum atomic E-state index is -4.51. The maximum absolute atomic E-state index is 14.4. The monoisotopic (exact) mass is 753 g/mol. The number of sulfonamides is 1. The van der Waals surface area contributed by atoms with Gasteiger partial charge < -0.3 is 34.2 Å². The third kappa shape index (κ3) is 10.2. The summed E-state index contributed by atoms with van der Waals surface area (Å²) in [6.45, 7) is 8.47. The van der Waals surface area contributed by atoms with Crippen molar-refractivity contribution in [3.05, 3.63) is 65.0 Å². The zero-order chi connectivity index (χ0) is 38.4. The number of rotatable bonds is 8. The molecule has 1 aromatic heterocycles. The van der Waals surface area contributed by atoms with Gasteiger partial charge in [-0.15, -0.1) is 0 Å². The number of benzene rings is 2. The van der Waals surface area contributed by atoms with Gasteiger partial charge in [0.25, 0.3) is 15.9 Å². The van der Waals surface area contributed by atoms with Crippen molar-refractivity contribution in [2.24, 2.45) is 5.92 Å². The first kappa shape index (κ1) is 40.4. The molecule has 3 N–H and O–H groups in total. The lowest BCUT2D eigenvalue weighted by Gasteiger charge is -2.35. The number of nitrogens with zero attached hydrogens (tertiary/aromatic N) is 3. The van der Waals surface area contributed by atoms with E-state index < -0.39 is 51.8 Å². The standard InChI is InChI=1S/C35H46F3N5O8S/c1-21-18-43(22(2)20-44)33(45)29-17-28(41-52(47,48)32-24(4)40-51-25(32)5)14-15-30(29)50-23(3)9-7-8-16-49-31(21)19-42(6)34(46)39-27-12-10-26(11-13-27)35(36,37)38/h10-15,17,21-23,31,41,44H,7-9,16,18-20H2,1-6H3,(H,39,46)/t21-,22-,23-,31-/m0/s1. The summed E-state index contributed by atoms with van der Waals surface area (Å²) in [7, 11) is -2.61. The Morgan fingerprint density at radius 1 is 1.12 bits per heavy atom. The van der Waals surface area contributed by atoms with Crippen LogP contribution >= 0.6 is 0 Å². The van der Waals surface area contributed by atoms with Gasteiger partial charge in [-0.25, -0.2) is 13.2 Å². The van der Waals surface area contributed by atoms with Gasteiger partial charge >= 0.3 is 12.2 Å². The zero-order valence-corrected chi connectivity index (χ0v) is 30.8. The van der Waals surface area contributed by atoms with E-state index in [1.54, 1.807) is 6.92 Å². The fraction of sp³-hybridized carbons (Fsp3) is 0.514. The number of amides is 3. The van der Waals surface area contributed by atoms with Crippen molar-refractivity contribution in [3.63, 3.8) is 0 Å². The Bertz CT molecular complexity index is 1780. The van der Waals surface area contributed by atoms with Gasteiger partial charge in [0.15, 0.2) is 10.7 Å². The summed E-state index contributed by atoms with van der Waals surface area (Å²) < 4.78 is 85.6. The number of anilines is 2. The first-order valence-corrected chi connectivity index (χ1v) is 18.4. The first-order chi connectivity index (χ1) is 24.4. The molecular weight excluding hydrogens is 707 g/mol. The summed E-state index contributed by atoms with van der Waals surface area (Å²) in [5.74, 6) is -0.581. The highest BCUT2D eigenvalue weighted by Gasteiger charge is 2.33. The second kappa shape index (κ2) is 17.0. The van der Waals surface area contributed by atoms with Crippen LogP contribution in [-0.2, 0) is 20.9 Å². The van der Waals surface area contributed by atoms with Gasteiger partial charge in [-0.3, -0.25) is 9.52 Å². The molecule has 4 atom stereocenters. The van der Waals surface area contributed by atoms with Gasteiger partial charge in [-0.05, 0) is 89.4 Å². The van der Waals surface area contributed by atoms with E-state index in [0.29, 0.717) is 19.4 Å². The molecular formula is C35H46F3N5O8S. The number of aromatic nitrogens is 1. The number of aryl methyl sites for hydroxylation is 2. The molecule has 2 heterocycles. The SMILES string of the molecule is Cc1noc(C)c1S(=O)(=O)Nc1ccc2c(c1)C(=O)N([C@@H](C)CO)C[C@H](C)[C@H](CN(C)C(=O)Nc1ccc(C(F)(F)F)cc1)OCCCC[C@H](C)O2. The molecule has 0 saturated carbocycles. The molecule has 1 aliphatic rings. The topological polar surface area (TPSA) is 164 Å². The van der Waals surface area contributed by atoms with Gasteiger partial charge in [0.2, 0.25) is 0 Å². The number of hydrogen-bond acceptors (Lipinski definition) is 9. The molecule has 0 spiro atoms. The lowest BCUT2D eigenvalue weighted by molar-refractivity contribution is -0.137. The molecule has 52 heavy (non-hydrogen) atoms. The normalized spacial score (nSPS) is 19.9. The summed E-state index contributed by atoms with van der Waals surface area (Å²) in [6, 6.07) is 7.27. The molecule has 3 aromatic rings. The molecule has 0 saturated heterocycles. The van der Waals surface area contributed by atoms with Crippen LogP contribution in [0.1, 0.15) is 67.4 Å². The van der Waals surface area contributed by atoms with E-state index in [-0.39, 0.29) is 64.8 Å². The van der Waals surface area contributed by atoms with Gasteiger partial charge in [-0.2, -0.15) is 13.2 Å². The van der Waals surface area contributed by atoms with Crippen LogP contribution < -0.4 is 14.8 Å². The fourth-order valence-corrected chi connectivity index (χ4v) is 7.21. The van der Waals surface area contributed by atoms with E-state index in [1.807, 2.05) is 13.8 Å². The van der Waals surface area contributed by atoms with Crippen LogP contribution in [0.5, 0.6) is 5.75 Å². The average Bonchev–Trinajstić information content (AvgIpc) is 3.43. The van der Waals surface area contributed by atoms with E-state index in [4.69, 9.17) is 14.0 Å². The number of alkyl halides is 3. The van der Waals surface area contributed by atoms with E-state index in [1.165, 1.54) is 61.0 Å². The molecule has 13 nitrogen and oxygen atoms in total. The quantitative estimate of drug-likeness (QED) is 0.248. The number of hydrogen-bond donors (Lipinski definition) is 3. The summed E-state index contributed by atoms with van der Waals surface area (Å²) in [5, 5.41) is 16.5. The predicted octanol–water partition coefficient (Wildman–Crippen LogP) is 6.07. The number of aliphatic hydroxyl groups is 1. The molecule has 0 aliphatic carbocycles. The molecule has 4 rings (SSSR count). The molecule has 0 radical (unpaired) electrons. The van der Waals surface area contributed by atoms with E-state index in [0.717, 1.165) is 18.6 Å². The van der Waals surface area contributed by atoms with Crippen LogP contribution in [-0.4, -0.2) is 92.0 Å². The Hall–Kier alpha value is -4.35. The van der Waals surface area contributed by atoms with E-state index in [9.17, 15) is 36.3 Å². The Kier molecular flexibility index (Phi) is 13.2. The summed E-state index contributed by atoms with van der Waals surface area (Å²) in [6.07, 6.45) is -3.41. The second-order valence-electron chi connectivity index (χ2n) is 13.2. The summed E-state index contributed by atoms with van der Waals surface area (Å²) >= 11 is 0. The number of urea groups is 1. The second-order valence-corrected chi connectivity index (χ2v) is 14.8. The summed E-state index contributed by atoms with van der Waals surface area (Å²) in [5.41, 5.74) is -0.318. The molecule has 0 fully saturated rings. The van der Waals surface area contributed by atoms with E-state index in [2.05, 4.69) is 15.2 Å². The highest BCUT2D eigenvalue weighted by atomic mass is 32.2. The molecule has 286 valence electrons. The van der Waals surface area contributed by atoms with Crippen LogP contribution in [0.2, 0.25) is 0 Å². The van der Waals surface area contributed by atoms with Gasteiger partial charge in [0.1, 0.15) is 11.4 Å². The van der Waals surface area contributed by atoms with Crippen molar-refractivity contribution in [2.75, 3.05) is 43.4 Å². The molecule has 0 bridgehead atoms. The van der Waals surface area contributed by atoms with Crippen LogP contribution in [0, 0.1) is 19.8 Å². The van der Waals surface area contributed by atoms with E-state index >= 15 is 0 Å². The highest BCUT2D eigenvalue weighted by molar-refractivity contribution is 7.92. The Balaban J connectivity index is 1.60. The van der Waals surface area contributed by atoms with Crippen LogP contribution in [0.4, 0.5) is 29.3 Å². The van der Waals surface area contributed by atoms with Crippen molar-refractivity contribution in [2.45, 2.75) is 83.2 Å².